The number of nitrogens with one attached hydrogen (secondary N) is 2. The number of aliphatic hydroxyl groups excluding tert-OH is 1. The zero-order valence-corrected chi connectivity index (χ0v) is 73.7. The van der Waals surface area contributed by atoms with E-state index < -0.39 is 149 Å². The van der Waals surface area contributed by atoms with E-state index in [2.05, 4.69) is 62.9 Å². The van der Waals surface area contributed by atoms with E-state index in [0.29, 0.717) is 74.5 Å². The number of pyridine rings is 2. The van der Waals surface area contributed by atoms with Crippen LogP contribution in [0, 0.1) is 23.4 Å². The van der Waals surface area contributed by atoms with E-state index in [1.54, 1.807) is 58.2 Å². The number of benzene rings is 7. The van der Waals surface area contributed by atoms with Crippen LogP contribution in [0.5, 0.6) is 11.5 Å². The number of aliphatic hydroxyl groups is 1. The maximum atomic E-state index is 15.0. The summed E-state index contributed by atoms with van der Waals surface area (Å²) in [4.78, 5) is 84.7. The summed E-state index contributed by atoms with van der Waals surface area (Å²) in [5, 5.41) is 27.7. The molecule has 1 unspecified atom stereocenters. The monoisotopic (exact) mass is 1890 g/mol. The minimum Gasteiger partial charge on any atom is -0.496 e. The number of rotatable bonds is 22. The molecule has 9 heterocycles. The number of nitrogens with zero attached hydrogens (tertiary/aromatic N) is 12. The SMILES string of the molecule is CC[C@@H]([C@H](C)O)n1ncn(-c2ccc(N3CCN(c4ccc(OC[C@@H]5CO[C@@](CC6N=CN=N6)(c6ccc(F)cc6F)C5)cc4)CC3)cc2)c1=O.COc1cc(F)c(C(C)C)cc1-c1ccc(C(F)(F)F)cc1CN1C(=O)O[C@H](c2cc(C(F)(F)F)cc(C(F)(F)F)c2)[C@@H]1C.C[C@@H]1[C@H](c2ccccc2)C[C@H](NC(=O)c2cnc3c(c2)C[C@@]2(C3)C(=O)Nc3ncccc32)C(=O)N1CC(F)(F)F. The van der Waals surface area contributed by atoms with Crippen LogP contribution in [0.4, 0.5) is 87.8 Å². The van der Waals surface area contributed by atoms with Gasteiger partial charge >= 0.3 is 36.5 Å². The van der Waals surface area contributed by atoms with Crippen molar-refractivity contribution in [2.75, 3.05) is 68.2 Å². The number of hydrogen-bond donors (Lipinski definition) is 3. The smallest absolute Gasteiger partial charge is 0.416 e. The molecule has 10 aromatic rings. The van der Waals surface area contributed by atoms with Crippen molar-refractivity contribution in [1.29, 1.82) is 0 Å². The van der Waals surface area contributed by atoms with Gasteiger partial charge in [-0.3, -0.25) is 24.3 Å². The molecule has 39 heteroatoms. The van der Waals surface area contributed by atoms with Gasteiger partial charge in [-0.1, -0.05) is 69.3 Å². The van der Waals surface area contributed by atoms with Gasteiger partial charge in [0.05, 0.1) is 78.4 Å². The molecule has 4 amide bonds. The molecule has 7 aromatic carbocycles. The van der Waals surface area contributed by atoms with Crippen molar-refractivity contribution < 1.29 is 109 Å². The molecule has 1 spiro atoms. The number of anilines is 3. The van der Waals surface area contributed by atoms with Crippen molar-refractivity contribution in [2.24, 2.45) is 21.1 Å². The Labute approximate surface area is 764 Å². The lowest BCUT2D eigenvalue weighted by Gasteiger charge is -2.43. The first-order valence-corrected chi connectivity index (χ1v) is 43.5. The maximum absolute atomic E-state index is 15.0. The van der Waals surface area contributed by atoms with E-state index in [9.17, 15) is 94.9 Å². The van der Waals surface area contributed by atoms with Gasteiger partial charge in [0.15, 0.2) is 6.17 Å². The lowest BCUT2D eigenvalue weighted by Crippen LogP contribution is -2.59. The number of halogens is 15. The average molecular weight is 1890 g/mol. The van der Waals surface area contributed by atoms with Crippen LogP contribution in [0.25, 0.3) is 16.8 Å². The highest BCUT2D eigenvalue weighted by atomic mass is 19.4. The number of aromatic nitrogens is 5. The van der Waals surface area contributed by atoms with Gasteiger partial charge in [0, 0.05) is 115 Å². The summed E-state index contributed by atoms with van der Waals surface area (Å²) < 4.78 is 231. The number of methoxy groups -OCH3 is 1. The second-order valence-electron chi connectivity index (χ2n) is 34.8. The van der Waals surface area contributed by atoms with Crippen LogP contribution in [0.3, 0.4) is 0 Å². The fraction of sp³-hybridized carbons (Fsp3) is 0.385. The van der Waals surface area contributed by atoms with Crippen LogP contribution in [0.1, 0.15) is 163 Å². The highest BCUT2D eigenvalue weighted by Gasteiger charge is 2.54. The predicted octanol–water partition coefficient (Wildman–Crippen LogP) is 18.8. The van der Waals surface area contributed by atoms with Crippen molar-refractivity contribution in [3.63, 3.8) is 0 Å². The summed E-state index contributed by atoms with van der Waals surface area (Å²) in [5.41, 5.74) is -0.239. The Kier molecular flexibility index (Phi) is 27.6. The summed E-state index contributed by atoms with van der Waals surface area (Å²) in [5.74, 6) is -2.99. The molecule has 24 nitrogen and oxygen atoms in total. The largest absolute Gasteiger partial charge is 0.496 e. The van der Waals surface area contributed by atoms with Crippen LogP contribution in [0.2, 0.25) is 0 Å². The summed E-state index contributed by atoms with van der Waals surface area (Å²) in [7, 11) is 1.23. The Bertz CT molecular complexity index is 6120. The number of carbonyl (C=O) groups excluding carboxylic acids is 4. The van der Waals surface area contributed by atoms with Crippen LogP contribution < -0.4 is 35.6 Å². The average Bonchev–Trinajstić information content (AvgIpc) is 1.57. The molecule has 6 aliphatic heterocycles. The Morgan fingerprint density at radius 3 is 1.97 bits per heavy atom. The minimum absolute atomic E-state index is 0.0132. The number of carbonyl (C=O) groups is 4. The highest BCUT2D eigenvalue weighted by molar-refractivity contribution is 6.06. The van der Waals surface area contributed by atoms with Gasteiger partial charge in [0.2, 0.25) is 11.8 Å². The quantitative estimate of drug-likeness (QED) is 0.0533. The van der Waals surface area contributed by atoms with Gasteiger partial charge < -0.3 is 49.4 Å². The zero-order chi connectivity index (χ0) is 96.7. The molecule has 0 bridgehead atoms. The Balaban J connectivity index is 0.000000155. The number of alkyl halides is 12. The van der Waals surface area contributed by atoms with Gasteiger partial charge in [0.1, 0.15) is 71.7 Å². The predicted molar refractivity (Wildman–Crippen MR) is 466 cm³/mol. The number of fused-ring (bicyclic) bond motifs is 3. The molecule has 0 saturated carbocycles. The fourth-order valence-corrected chi connectivity index (χ4v) is 18.7. The van der Waals surface area contributed by atoms with Crippen LogP contribution in [0.15, 0.2) is 203 Å². The van der Waals surface area contributed by atoms with E-state index in [1.165, 1.54) is 60.3 Å². The fourth-order valence-electron chi connectivity index (χ4n) is 18.7. The van der Waals surface area contributed by atoms with Gasteiger partial charge in [-0.15, -0.1) is 5.11 Å². The molecule has 0 radical (unpaired) electrons. The first-order valence-electron chi connectivity index (χ1n) is 43.5. The first kappa shape index (κ1) is 96.4. The van der Waals surface area contributed by atoms with Crippen LogP contribution in [-0.4, -0.2) is 159 Å². The Morgan fingerprint density at radius 2 is 1.36 bits per heavy atom. The lowest BCUT2D eigenvalue weighted by atomic mass is 9.80. The highest BCUT2D eigenvalue weighted by Crippen LogP contribution is 2.50. The van der Waals surface area contributed by atoms with Crippen molar-refractivity contribution in [1.82, 2.24) is 39.4 Å². The lowest BCUT2D eigenvalue weighted by molar-refractivity contribution is -0.170. The molecule has 4 saturated heterocycles. The third kappa shape index (κ3) is 20.7. The van der Waals surface area contributed by atoms with Gasteiger partial charge in [0.25, 0.3) is 5.91 Å². The van der Waals surface area contributed by atoms with Crippen molar-refractivity contribution in [3.8, 4) is 28.3 Å². The maximum Gasteiger partial charge on any atom is 0.416 e. The number of ether oxygens (including phenoxy) is 4. The molecular formula is C96H93F15N14O10. The number of likely N-dealkylation sites (tertiary alicyclic amines) is 1. The standard InChI is InChI=1S/C37H42F2N8O4.C30H25F10NO3.C29H26F3N5O3/c1-3-34(25(2)48)47-36(49)46(24-42-47)30-7-5-28(6-8-30)44-14-16-45(17-15-44)29-9-11-31(12-10-29)50-21-26-19-37(51-22-26,20-35-40-23-41-43-35)32-13-4-27(38)18-33(32)39;1-14(2)22-11-23(25(43-4)12-24(22)31)21-6-5-18(28(32,33)34)9-17(21)13-41-15(3)26(44-27(41)42)16-7-19(29(35,36)37)10-20(8-16)30(38,39)40;1-16-20(17-6-3-2-4-7-17)11-22(26(39)37(16)15-29(30,31)32)35-25(38)19-10-18-12-28(13-23(18)34-14-19)21-8-5-9-33-24(21)36-27(28)40/h4-13,18,23-26,34-35,48H,3,14-17,19-22H2,1-2H3;5-12,14-15,26H,13H2,1-4H3;2-10,14,16,20,22H,11-13,15H2,1H3,(H,35,38)(H,33,36,40)/t25-,26+,34-,35?,37-;15-,26-;16-,20-,22+,28+/m001/s1. The molecule has 17 rings (SSSR count). The summed E-state index contributed by atoms with van der Waals surface area (Å²) in [6.45, 7) is 12.0. The number of piperazine rings is 1. The van der Waals surface area contributed by atoms with Crippen molar-refractivity contribution >= 4 is 47.3 Å². The molecule has 712 valence electrons. The Morgan fingerprint density at radius 1 is 0.689 bits per heavy atom. The summed E-state index contributed by atoms with van der Waals surface area (Å²) in [6, 6.07) is 36.3. The molecule has 135 heavy (non-hydrogen) atoms. The van der Waals surface area contributed by atoms with Crippen LogP contribution in [-0.2, 0) is 68.0 Å². The molecule has 7 aliphatic rings. The molecule has 1 aliphatic carbocycles. The topological polar surface area (TPSA) is 265 Å². The first-order chi connectivity index (χ1) is 64.0. The zero-order valence-electron chi connectivity index (χ0n) is 73.7. The van der Waals surface area contributed by atoms with E-state index in [4.69, 9.17) is 18.9 Å². The minimum atomic E-state index is -5.16. The molecular weight excluding hydrogens is 1790 g/mol. The third-order valence-corrected chi connectivity index (χ3v) is 25.7. The number of hydrogen-bond acceptors (Lipinski definition) is 18. The second kappa shape index (κ2) is 38.6. The number of cyclic esters (lactones) is 1. The van der Waals surface area contributed by atoms with E-state index in [0.717, 1.165) is 106 Å². The number of piperidine rings is 1. The number of amides is 4. The summed E-state index contributed by atoms with van der Waals surface area (Å²) >= 11 is 0. The van der Waals surface area contributed by atoms with E-state index >= 15 is 0 Å². The van der Waals surface area contributed by atoms with Gasteiger partial charge in [-0.2, -0.15) is 62.9 Å². The molecule has 3 aromatic heterocycles. The van der Waals surface area contributed by atoms with Crippen LogP contribution >= 0.6 is 0 Å². The summed E-state index contributed by atoms with van der Waals surface area (Å²) in [6.07, 6.45) is -15.5. The van der Waals surface area contributed by atoms with Crippen molar-refractivity contribution in [3.05, 3.63) is 277 Å². The molecule has 11 atom stereocenters. The molecule has 3 N–H and O–H groups in total. The Hall–Kier alpha value is -13.2. The van der Waals surface area contributed by atoms with E-state index in [1.807, 2.05) is 67.6 Å². The normalized spacial score (nSPS) is 22.0. The molecule has 4 fully saturated rings. The van der Waals surface area contributed by atoms with Gasteiger partial charge in [-0.25, -0.2) is 42.0 Å². The number of azo groups is 1. The van der Waals surface area contributed by atoms with E-state index in [-0.39, 0.29) is 75.5 Å². The van der Waals surface area contributed by atoms with Gasteiger partial charge in [-0.05, 0) is 189 Å². The third-order valence-electron chi connectivity index (χ3n) is 25.7. The second-order valence-corrected chi connectivity index (χ2v) is 34.8. The number of aliphatic imine (C=N–C) groups is 1. The van der Waals surface area contributed by atoms with Crippen molar-refractivity contribution in [2.45, 2.75) is 177 Å².